The number of anilines is 2. The third kappa shape index (κ3) is 11.2. The molecule has 230 valence electrons. The zero-order chi connectivity index (χ0) is 31.0. The van der Waals surface area contributed by atoms with E-state index < -0.39 is 0 Å². The van der Waals surface area contributed by atoms with Crippen LogP contribution in [-0.2, 0) is 13.1 Å². The van der Waals surface area contributed by atoms with E-state index in [9.17, 15) is 0 Å². The van der Waals surface area contributed by atoms with Crippen LogP contribution < -0.4 is 18.9 Å². The average Bonchev–Trinajstić information content (AvgIpc) is 3.06. The van der Waals surface area contributed by atoms with Gasteiger partial charge in [0.25, 0.3) is 0 Å². The molecule has 4 rings (SSSR count). The van der Waals surface area contributed by atoms with Crippen LogP contribution in [0.2, 0.25) is 0 Å². The van der Waals surface area contributed by atoms with Gasteiger partial charge in [-0.15, -0.1) is 0 Å². The van der Waals surface area contributed by atoms with Crippen LogP contribution in [0.3, 0.4) is 0 Å². The van der Waals surface area contributed by atoms with Gasteiger partial charge in [0.2, 0.25) is 0 Å². The summed E-state index contributed by atoms with van der Waals surface area (Å²) in [5.41, 5.74) is 7.08. The Balaban J connectivity index is 1.11. The number of nitrogens with zero attached hydrogens (tertiary/aromatic N) is 4. The molecule has 0 aliphatic heterocycles. The van der Waals surface area contributed by atoms with Gasteiger partial charge in [0.15, 0.2) is 37.9 Å². The highest BCUT2D eigenvalue weighted by Crippen LogP contribution is 2.24. The Hall–Kier alpha value is -3.56. The van der Waals surface area contributed by atoms with E-state index in [1.807, 2.05) is 55.5 Å². The summed E-state index contributed by atoms with van der Waals surface area (Å²) in [5.74, 6) is 2.14. The minimum absolute atomic E-state index is 0.149. The van der Waals surface area contributed by atoms with Crippen LogP contribution in [0.4, 0.5) is 11.4 Å². The first-order chi connectivity index (χ1) is 21.5. The minimum Gasteiger partial charge on any atom is -0.390 e. The number of benzene rings is 2. The molecule has 0 radical (unpaired) electrons. The molecule has 0 aliphatic carbocycles. The standard InChI is InChI=1S/C36H44N4O2S2/c1-37(35-11-7-31(8-12-35)3-5-33-15-19-39(20-16-33)23-27-41)25-29-43-44-30-26-38(2)36-13-9-32(10-14-36)4-6-34-17-21-40(22-18-34)24-28-42/h3-22,41-42H,23-30H2,1-2H3/q+2. The fourth-order valence-electron chi connectivity index (χ4n) is 4.48. The smallest absolute Gasteiger partial charge is 0.171 e. The normalized spacial score (nSPS) is 11.5. The molecule has 2 heterocycles. The van der Waals surface area contributed by atoms with Crippen LogP contribution in [0.1, 0.15) is 22.3 Å². The summed E-state index contributed by atoms with van der Waals surface area (Å²) in [7, 11) is 8.18. The highest BCUT2D eigenvalue weighted by molar-refractivity contribution is 8.76. The largest absolute Gasteiger partial charge is 0.390 e. The lowest BCUT2D eigenvalue weighted by Gasteiger charge is -2.20. The summed E-state index contributed by atoms with van der Waals surface area (Å²) in [6.07, 6.45) is 16.5. The number of aliphatic hydroxyl groups excluding tert-OH is 2. The molecular weight excluding hydrogens is 585 g/mol. The predicted molar refractivity (Wildman–Crippen MR) is 190 cm³/mol. The second-order valence-corrected chi connectivity index (χ2v) is 13.2. The molecule has 2 N–H and O–H groups in total. The third-order valence-corrected chi connectivity index (χ3v) is 9.62. The van der Waals surface area contributed by atoms with Crippen molar-refractivity contribution in [1.29, 1.82) is 0 Å². The average molecular weight is 629 g/mol. The zero-order valence-corrected chi connectivity index (χ0v) is 27.3. The van der Waals surface area contributed by atoms with E-state index in [0.29, 0.717) is 13.1 Å². The molecule has 0 atom stereocenters. The van der Waals surface area contributed by atoms with Crippen molar-refractivity contribution in [3.05, 3.63) is 120 Å². The molecule has 0 amide bonds. The van der Waals surface area contributed by atoms with Gasteiger partial charge in [-0.05, 0) is 46.5 Å². The second kappa shape index (κ2) is 18.3. The van der Waals surface area contributed by atoms with Gasteiger partial charge >= 0.3 is 0 Å². The molecule has 0 bridgehead atoms. The van der Waals surface area contributed by atoms with Gasteiger partial charge in [-0.2, -0.15) is 0 Å². The van der Waals surface area contributed by atoms with Crippen molar-refractivity contribution < 1.29 is 19.3 Å². The Labute approximate surface area is 270 Å². The molecule has 2 aromatic heterocycles. The monoisotopic (exact) mass is 628 g/mol. The van der Waals surface area contributed by atoms with Crippen molar-refractivity contribution >= 4 is 57.3 Å². The number of aliphatic hydroxyl groups is 2. The Morgan fingerprint density at radius 2 is 0.841 bits per heavy atom. The quantitative estimate of drug-likeness (QED) is 0.0910. The molecule has 0 unspecified atom stereocenters. The van der Waals surface area contributed by atoms with Crippen molar-refractivity contribution in [1.82, 2.24) is 0 Å². The SMILES string of the molecule is CN(CCSSCCN(C)c1ccc(/C=C/c2cc[n+](CCO)cc2)cc1)c1ccc(/C=C/c2cc[n+](CCO)cc2)cc1. The molecule has 0 fully saturated rings. The number of aromatic nitrogens is 2. The number of hydrogen-bond donors (Lipinski definition) is 2. The summed E-state index contributed by atoms with van der Waals surface area (Å²) >= 11 is 0. The first kappa shape index (κ1) is 33.3. The molecule has 0 saturated heterocycles. The molecule has 6 nitrogen and oxygen atoms in total. The first-order valence-corrected chi connectivity index (χ1v) is 17.5. The van der Waals surface area contributed by atoms with E-state index in [1.165, 1.54) is 22.5 Å². The third-order valence-electron chi connectivity index (χ3n) is 7.26. The number of hydrogen-bond acceptors (Lipinski definition) is 6. The van der Waals surface area contributed by atoms with E-state index in [2.05, 4.69) is 121 Å². The highest BCUT2D eigenvalue weighted by atomic mass is 33.1. The van der Waals surface area contributed by atoms with E-state index >= 15 is 0 Å². The number of rotatable bonds is 17. The maximum Gasteiger partial charge on any atom is 0.171 e. The van der Waals surface area contributed by atoms with Crippen molar-refractivity contribution in [2.24, 2.45) is 0 Å². The van der Waals surface area contributed by atoms with E-state index in [0.717, 1.165) is 35.7 Å². The van der Waals surface area contributed by atoms with Crippen LogP contribution in [0, 0.1) is 0 Å². The summed E-state index contributed by atoms with van der Waals surface area (Å²) < 4.78 is 3.94. The molecule has 4 aromatic rings. The van der Waals surface area contributed by atoms with Crippen LogP contribution in [0.15, 0.2) is 97.6 Å². The van der Waals surface area contributed by atoms with Crippen LogP contribution in [0.25, 0.3) is 24.3 Å². The van der Waals surface area contributed by atoms with Crippen molar-refractivity contribution in [3.8, 4) is 0 Å². The molecular formula is C36H44N4O2S2+2. The van der Waals surface area contributed by atoms with Gasteiger partial charge in [-0.25, -0.2) is 9.13 Å². The molecule has 44 heavy (non-hydrogen) atoms. The Kier molecular flexibility index (Phi) is 13.9. The highest BCUT2D eigenvalue weighted by Gasteiger charge is 2.04. The van der Waals surface area contributed by atoms with Gasteiger partial charge in [-0.3, -0.25) is 0 Å². The molecule has 2 aromatic carbocycles. The van der Waals surface area contributed by atoms with Crippen LogP contribution in [-0.4, -0.2) is 62.1 Å². The van der Waals surface area contributed by atoms with Crippen LogP contribution in [0.5, 0.6) is 0 Å². The zero-order valence-electron chi connectivity index (χ0n) is 25.7. The fraction of sp³-hybridized carbons (Fsp3) is 0.278. The molecule has 8 heteroatoms. The molecule has 0 spiro atoms. The van der Waals surface area contributed by atoms with Gasteiger partial charge in [-0.1, -0.05) is 70.2 Å². The lowest BCUT2D eigenvalue weighted by Crippen LogP contribution is -2.34. The Morgan fingerprint density at radius 1 is 0.523 bits per heavy atom. The topological polar surface area (TPSA) is 54.7 Å². The van der Waals surface area contributed by atoms with Crippen LogP contribution >= 0.6 is 21.6 Å². The van der Waals surface area contributed by atoms with Crippen molar-refractivity contribution in [2.75, 3.05) is 61.7 Å². The summed E-state index contributed by atoms with van der Waals surface area (Å²) in [5, 5.41) is 18.1. The summed E-state index contributed by atoms with van der Waals surface area (Å²) in [6.45, 7) is 3.54. The van der Waals surface area contributed by atoms with Gasteiger partial charge in [0.05, 0.1) is 0 Å². The summed E-state index contributed by atoms with van der Waals surface area (Å²) in [4.78, 5) is 4.62. The van der Waals surface area contributed by atoms with E-state index in [4.69, 9.17) is 10.2 Å². The minimum atomic E-state index is 0.149. The maximum absolute atomic E-state index is 9.05. The fourth-order valence-corrected chi connectivity index (χ4v) is 6.57. The summed E-state index contributed by atoms with van der Waals surface area (Å²) in [6, 6.07) is 25.6. The van der Waals surface area contributed by atoms with E-state index in [-0.39, 0.29) is 13.2 Å². The van der Waals surface area contributed by atoms with Gasteiger partial charge in [0, 0.05) is 74.3 Å². The lowest BCUT2D eigenvalue weighted by atomic mass is 10.1. The Bertz CT molecular complexity index is 1330. The predicted octanol–water partition coefficient (Wildman–Crippen LogP) is 5.54. The van der Waals surface area contributed by atoms with Gasteiger partial charge < -0.3 is 20.0 Å². The first-order valence-electron chi connectivity index (χ1n) is 15.0. The Morgan fingerprint density at radius 3 is 1.16 bits per heavy atom. The van der Waals surface area contributed by atoms with Crippen molar-refractivity contribution in [3.63, 3.8) is 0 Å². The molecule has 0 aliphatic rings. The van der Waals surface area contributed by atoms with E-state index in [1.54, 1.807) is 0 Å². The maximum atomic E-state index is 9.05. The lowest BCUT2D eigenvalue weighted by molar-refractivity contribution is -0.698. The second-order valence-electron chi connectivity index (χ2n) is 10.5. The number of pyridine rings is 2. The van der Waals surface area contributed by atoms with Gasteiger partial charge in [0.1, 0.15) is 13.2 Å². The molecule has 0 saturated carbocycles. The van der Waals surface area contributed by atoms with Crippen molar-refractivity contribution in [2.45, 2.75) is 13.1 Å².